The zero-order valence-corrected chi connectivity index (χ0v) is 20.5. The maximum Gasteiger partial charge on any atom is 0.246 e. The molecule has 5 nitrogen and oxygen atoms in total. The number of aromatic nitrogens is 1. The quantitative estimate of drug-likeness (QED) is 0.403. The predicted molar refractivity (Wildman–Crippen MR) is 135 cm³/mol. The average molecular weight is 532 g/mol. The summed E-state index contributed by atoms with van der Waals surface area (Å²) >= 11 is 3.56. The number of carbonyl (C=O) groups excluding carboxylic acids is 2. The van der Waals surface area contributed by atoms with E-state index in [1.807, 2.05) is 42.5 Å². The minimum absolute atomic E-state index is 0.0101. The van der Waals surface area contributed by atoms with Crippen LogP contribution in [0.5, 0.6) is 0 Å². The number of fused-ring (bicyclic) bond motifs is 4. The number of piperazine rings is 1. The molecule has 2 aliphatic heterocycles. The molecule has 0 spiro atoms. The second-order valence-electron chi connectivity index (χ2n) is 9.14. The Morgan fingerprint density at radius 2 is 1.80 bits per heavy atom. The third-order valence-electron chi connectivity index (χ3n) is 7.12. The van der Waals surface area contributed by atoms with Gasteiger partial charge >= 0.3 is 0 Å². The smallest absolute Gasteiger partial charge is 0.246 e. The first-order valence-electron chi connectivity index (χ1n) is 11.7. The molecule has 0 aliphatic carbocycles. The van der Waals surface area contributed by atoms with Gasteiger partial charge in [-0.05, 0) is 47.4 Å². The van der Waals surface area contributed by atoms with Crippen molar-refractivity contribution in [2.45, 2.75) is 24.9 Å². The maximum absolute atomic E-state index is 14.2. The number of nitrogens with zero attached hydrogens (tertiary/aromatic N) is 2. The van der Waals surface area contributed by atoms with E-state index in [4.69, 9.17) is 0 Å². The highest BCUT2D eigenvalue weighted by atomic mass is 79.9. The van der Waals surface area contributed by atoms with Crippen molar-refractivity contribution in [2.24, 2.45) is 0 Å². The van der Waals surface area contributed by atoms with Gasteiger partial charge in [0, 0.05) is 34.0 Å². The number of hydrogen-bond acceptors (Lipinski definition) is 2. The number of aromatic amines is 1. The molecule has 176 valence electrons. The van der Waals surface area contributed by atoms with Gasteiger partial charge in [-0.2, -0.15) is 0 Å². The summed E-state index contributed by atoms with van der Waals surface area (Å²) in [6, 6.07) is 21.5. The van der Waals surface area contributed by atoms with Gasteiger partial charge in [-0.3, -0.25) is 9.59 Å². The van der Waals surface area contributed by atoms with E-state index in [2.05, 4.69) is 27.0 Å². The van der Waals surface area contributed by atoms with Gasteiger partial charge in [-0.1, -0.05) is 64.5 Å². The Kier molecular flexibility index (Phi) is 5.44. The van der Waals surface area contributed by atoms with Gasteiger partial charge in [-0.15, -0.1) is 0 Å². The van der Waals surface area contributed by atoms with Crippen LogP contribution in [0.4, 0.5) is 4.39 Å². The fourth-order valence-corrected chi connectivity index (χ4v) is 5.91. The molecule has 0 bridgehead atoms. The van der Waals surface area contributed by atoms with Crippen molar-refractivity contribution in [2.75, 3.05) is 13.1 Å². The standard InChI is InChI=1S/C28H23BrFN3O2/c29-19-8-5-7-18(14-19)27-26-21(20-9-2-4-11-23(20)31-26)15-24-28(35)32(16-25(34)33(24)27)13-12-17-6-1-3-10-22(17)30/h1-11,14,24,27,31H,12-13,15-16H2/t24-,27?/m0/s1. The summed E-state index contributed by atoms with van der Waals surface area (Å²) in [7, 11) is 0. The van der Waals surface area contributed by atoms with Crippen LogP contribution < -0.4 is 0 Å². The molecular weight excluding hydrogens is 509 g/mol. The lowest BCUT2D eigenvalue weighted by atomic mass is 9.86. The summed E-state index contributed by atoms with van der Waals surface area (Å²) in [4.78, 5) is 34.2. The number of hydrogen-bond donors (Lipinski definition) is 1. The normalized spacial score (nSPS) is 19.7. The van der Waals surface area contributed by atoms with Gasteiger partial charge < -0.3 is 14.8 Å². The third kappa shape index (κ3) is 3.74. The summed E-state index contributed by atoms with van der Waals surface area (Å²) in [5, 5.41) is 1.07. The lowest BCUT2D eigenvalue weighted by molar-refractivity contribution is -0.158. The van der Waals surface area contributed by atoms with Crippen molar-refractivity contribution in [3.8, 4) is 0 Å². The van der Waals surface area contributed by atoms with Crippen molar-refractivity contribution >= 4 is 38.6 Å². The number of benzene rings is 3. The molecule has 35 heavy (non-hydrogen) atoms. The first-order chi connectivity index (χ1) is 17.0. The summed E-state index contributed by atoms with van der Waals surface area (Å²) in [6.45, 7) is 0.294. The number of nitrogens with one attached hydrogen (secondary N) is 1. The molecule has 7 heteroatoms. The van der Waals surface area contributed by atoms with E-state index in [9.17, 15) is 14.0 Å². The molecule has 1 saturated heterocycles. The highest BCUT2D eigenvalue weighted by Gasteiger charge is 2.48. The number of amides is 2. The zero-order valence-electron chi connectivity index (χ0n) is 18.9. The van der Waals surface area contributed by atoms with Crippen LogP contribution in [0.3, 0.4) is 0 Å². The highest BCUT2D eigenvalue weighted by Crippen LogP contribution is 2.42. The van der Waals surface area contributed by atoms with Crippen LogP contribution in [-0.4, -0.2) is 45.7 Å². The minimum atomic E-state index is -0.604. The number of H-pyrrole nitrogens is 1. The van der Waals surface area contributed by atoms with Crippen LogP contribution in [-0.2, 0) is 22.4 Å². The van der Waals surface area contributed by atoms with Crippen LogP contribution in [0.25, 0.3) is 10.9 Å². The number of carbonyl (C=O) groups is 2. The molecule has 3 heterocycles. The van der Waals surface area contributed by atoms with Crippen LogP contribution in [0, 0.1) is 5.82 Å². The van der Waals surface area contributed by atoms with Crippen LogP contribution in [0.1, 0.15) is 28.4 Å². The van der Waals surface area contributed by atoms with Crippen molar-refractivity contribution in [1.82, 2.24) is 14.8 Å². The molecule has 3 aromatic carbocycles. The maximum atomic E-state index is 14.2. The van der Waals surface area contributed by atoms with Crippen molar-refractivity contribution in [3.63, 3.8) is 0 Å². The molecule has 1 aromatic heterocycles. The Hall–Kier alpha value is -3.45. The van der Waals surface area contributed by atoms with Gasteiger partial charge in [0.2, 0.25) is 11.8 Å². The second kappa shape index (κ2) is 8.64. The van der Waals surface area contributed by atoms with E-state index in [1.54, 1.807) is 28.0 Å². The Bertz CT molecular complexity index is 1470. The molecule has 4 aromatic rings. The van der Waals surface area contributed by atoms with Gasteiger partial charge in [0.1, 0.15) is 11.9 Å². The SMILES string of the molecule is O=C1[C@@H]2Cc3c([nH]c4ccccc34)C(c3cccc(Br)c3)N2C(=O)CN1CCc1ccccc1F. The Morgan fingerprint density at radius 3 is 2.63 bits per heavy atom. The van der Waals surface area contributed by atoms with Gasteiger partial charge in [0.05, 0.1) is 12.6 Å². The Morgan fingerprint density at radius 1 is 1.00 bits per heavy atom. The van der Waals surface area contributed by atoms with Crippen molar-refractivity contribution in [3.05, 3.63) is 105 Å². The van der Waals surface area contributed by atoms with Gasteiger partial charge in [0.15, 0.2) is 0 Å². The molecule has 1 unspecified atom stereocenters. The molecule has 1 fully saturated rings. The Labute approximate surface area is 210 Å². The van der Waals surface area contributed by atoms with Crippen molar-refractivity contribution in [1.29, 1.82) is 0 Å². The third-order valence-corrected chi connectivity index (χ3v) is 7.61. The molecule has 1 N–H and O–H groups in total. The largest absolute Gasteiger partial charge is 0.356 e. The molecule has 2 amide bonds. The summed E-state index contributed by atoms with van der Waals surface area (Å²) in [5.41, 5.74) is 4.52. The van der Waals surface area contributed by atoms with E-state index < -0.39 is 6.04 Å². The van der Waals surface area contributed by atoms with Crippen molar-refractivity contribution < 1.29 is 14.0 Å². The van der Waals surface area contributed by atoms with E-state index in [0.29, 0.717) is 24.9 Å². The number of halogens is 2. The molecule has 0 saturated carbocycles. The second-order valence-corrected chi connectivity index (χ2v) is 10.1. The molecule has 6 rings (SSSR count). The van der Waals surface area contributed by atoms with Crippen LogP contribution in [0.15, 0.2) is 77.3 Å². The Balaban J connectivity index is 1.40. The molecule has 2 aliphatic rings. The molecule has 0 radical (unpaired) electrons. The average Bonchev–Trinajstić information content (AvgIpc) is 3.23. The van der Waals surface area contributed by atoms with Crippen LogP contribution in [0.2, 0.25) is 0 Å². The topological polar surface area (TPSA) is 56.4 Å². The fraction of sp³-hybridized carbons (Fsp3) is 0.214. The lowest BCUT2D eigenvalue weighted by Gasteiger charge is -2.47. The number of rotatable bonds is 4. The van der Waals surface area contributed by atoms with Gasteiger partial charge in [0.25, 0.3) is 0 Å². The first kappa shape index (κ1) is 22.0. The fourth-order valence-electron chi connectivity index (χ4n) is 5.49. The van der Waals surface area contributed by atoms with Crippen LogP contribution >= 0.6 is 15.9 Å². The summed E-state index contributed by atoms with van der Waals surface area (Å²) < 4.78 is 15.1. The minimum Gasteiger partial charge on any atom is -0.356 e. The predicted octanol–water partition coefficient (Wildman–Crippen LogP) is 5.00. The summed E-state index contributed by atoms with van der Waals surface area (Å²) in [5.74, 6) is -0.477. The molecular formula is C28H23BrFN3O2. The molecule has 2 atom stereocenters. The highest BCUT2D eigenvalue weighted by molar-refractivity contribution is 9.10. The van der Waals surface area contributed by atoms with E-state index in [0.717, 1.165) is 32.2 Å². The van der Waals surface area contributed by atoms with E-state index >= 15 is 0 Å². The van der Waals surface area contributed by atoms with E-state index in [1.165, 1.54) is 6.07 Å². The van der Waals surface area contributed by atoms with Gasteiger partial charge in [-0.25, -0.2) is 4.39 Å². The monoisotopic (exact) mass is 531 g/mol. The number of para-hydroxylation sites is 1. The zero-order chi connectivity index (χ0) is 24.1. The lowest BCUT2D eigenvalue weighted by Crippen LogP contribution is -2.63. The van der Waals surface area contributed by atoms with E-state index in [-0.39, 0.29) is 30.2 Å². The summed E-state index contributed by atoms with van der Waals surface area (Å²) in [6.07, 6.45) is 0.816. The first-order valence-corrected chi connectivity index (χ1v) is 12.5.